The van der Waals surface area contributed by atoms with Crippen molar-refractivity contribution < 1.29 is 4.79 Å². The molecule has 26 heavy (non-hydrogen) atoms. The second-order valence-corrected chi connectivity index (χ2v) is 6.94. The Morgan fingerprint density at radius 3 is 2.77 bits per heavy atom. The molecular weight excluding hydrogens is 324 g/mol. The van der Waals surface area contributed by atoms with Crippen LogP contribution in [0.2, 0.25) is 0 Å². The molecule has 1 amide bonds. The summed E-state index contributed by atoms with van der Waals surface area (Å²) in [6.45, 7) is 1.29. The lowest BCUT2D eigenvalue weighted by Crippen LogP contribution is -2.43. The van der Waals surface area contributed by atoms with Crippen LogP contribution in [0.25, 0.3) is 0 Å². The molecule has 1 aliphatic carbocycles. The minimum absolute atomic E-state index is 0.181. The van der Waals surface area contributed by atoms with Crippen LogP contribution in [0.4, 0.5) is 11.4 Å². The van der Waals surface area contributed by atoms with E-state index >= 15 is 0 Å². The SMILES string of the molecule is NC(=NCc1cccc(N2CCC2=O)c1)Nc1cccc2c1CCCC2. The number of nitrogens with zero attached hydrogens (tertiary/aromatic N) is 2. The normalized spacial score (nSPS) is 16.8. The molecular formula is C21H24N4O. The maximum Gasteiger partial charge on any atom is 0.228 e. The number of carbonyl (C=O) groups excluding carboxylic acids is 1. The highest BCUT2D eigenvalue weighted by atomic mass is 16.2. The standard InChI is InChI=1S/C21H24N4O/c22-21(24-19-10-4-7-16-6-1-2-9-18(16)19)23-14-15-5-3-8-17(13-15)25-12-11-20(25)26/h3-5,7-8,10,13H,1-2,6,9,11-12,14H2,(H3,22,23,24). The van der Waals surface area contributed by atoms with E-state index in [4.69, 9.17) is 5.73 Å². The van der Waals surface area contributed by atoms with E-state index in [9.17, 15) is 4.79 Å². The van der Waals surface area contributed by atoms with Crippen LogP contribution in [0.3, 0.4) is 0 Å². The number of carbonyl (C=O) groups is 1. The van der Waals surface area contributed by atoms with Crippen molar-refractivity contribution in [2.24, 2.45) is 10.7 Å². The molecule has 2 aromatic carbocycles. The molecule has 0 unspecified atom stereocenters. The zero-order chi connectivity index (χ0) is 17.9. The Balaban J connectivity index is 1.44. The Morgan fingerprint density at radius 2 is 1.96 bits per heavy atom. The minimum atomic E-state index is 0.181. The van der Waals surface area contributed by atoms with Crippen molar-refractivity contribution in [2.75, 3.05) is 16.8 Å². The smallest absolute Gasteiger partial charge is 0.228 e. The number of benzene rings is 2. The number of fused-ring (bicyclic) bond motifs is 1. The molecule has 0 bridgehead atoms. The van der Waals surface area contributed by atoms with Crippen LogP contribution in [0, 0.1) is 0 Å². The summed E-state index contributed by atoms with van der Waals surface area (Å²) in [6, 6.07) is 14.3. The molecule has 2 aromatic rings. The van der Waals surface area contributed by atoms with Crippen molar-refractivity contribution in [3.05, 3.63) is 59.2 Å². The van der Waals surface area contributed by atoms with Gasteiger partial charge in [-0.25, -0.2) is 4.99 Å². The number of nitrogens with one attached hydrogen (secondary N) is 1. The Kier molecular flexibility index (Phi) is 4.61. The van der Waals surface area contributed by atoms with Gasteiger partial charge in [0.2, 0.25) is 5.91 Å². The summed E-state index contributed by atoms with van der Waals surface area (Å²) < 4.78 is 0. The number of amides is 1. The summed E-state index contributed by atoms with van der Waals surface area (Å²) in [6.07, 6.45) is 5.36. The summed E-state index contributed by atoms with van der Waals surface area (Å²) in [4.78, 5) is 17.9. The first-order valence-corrected chi connectivity index (χ1v) is 9.28. The third kappa shape index (κ3) is 3.43. The number of guanidine groups is 1. The lowest BCUT2D eigenvalue weighted by atomic mass is 9.90. The minimum Gasteiger partial charge on any atom is -0.370 e. The number of anilines is 2. The third-order valence-electron chi connectivity index (χ3n) is 5.16. The number of rotatable bonds is 4. The first kappa shape index (κ1) is 16.6. The predicted octanol–water partition coefficient (Wildman–Crippen LogP) is 3.23. The number of nitrogens with two attached hydrogens (primary N) is 1. The van der Waals surface area contributed by atoms with Gasteiger partial charge in [-0.3, -0.25) is 4.79 Å². The maximum atomic E-state index is 11.6. The summed E-state index contributed by atoms with van der Waals surface area (Å²) in [5, 5.41) is 3.27. The topological polar surface area (TPSA) is 70.7 Å². The molecule has 4 rings (SSSR count). The fourth-order valence-electron chi connectivity index (χ4n) is 3.66. The predicted molar refractivity (Wildman–Crippen MR) is 105 cm³/mol. The lowest BCUT2D eigenvalue weighted by molar-refractivity contribution is -0.122. The molecule has 5 heteroatoms. The van der Waals surface area contributed by atoms with Gasteiger partial charge in [0.15, 0.2) is 5.96 Å². The van der Waals surface area contributed by atoms with E-state index in [1.54, 1.807) is 4.90 Å². The molecule has 1 aliphatic heterocycles. The van der Waals surface area contributed by atoms with Crippen LogP contribution in [0.1, 0.15) is 36.0 Å². The van der Waals surface area contributed by atoms with E-state index in [-0.39, 0.29) is 5.91 Å². The Hall–Kier alpha value is -2.82. The average Bonchev–Trinajstić information content (AvgIpc) is 2.66. The molecule has 5 nitrogen and oxygen atoms in total. The van der Waals surface area contributed by atoms with Gasteiger partial charge >= 0.3 is 0 Å². The molecule has 0 saturated carbocycles. The van der Waals surface area contributed by atoms with Crippen LogP contribution in [-0.2, 0) is 24.2 Å². The van der Waals surface area contributed by atoms with Gasteiger partial charge in [-0.1, -0.05) is 24.3 Å². The van der Waals surface area contributed by atoms with Crippen LogP contribution in [0.5, 0.6) is 0 Å². The molecule has 0 radical (unpaired) electrons. The van der Waals surface area contributed by atoms with Gasteiger partial charge in [0.05, 0.1) is 6.54 Å². The van der Waals surface area contributed by atoms with Crippen molar-refractivity contribution in [3.8, 4) is 0 Å². The van der Waals surface area contributed by atoms with Gasteiger partial charge in [0.1, 0.15) is 0 Å². The summed E-state index contributed by atoms with van der Waals surface area (Å²) >= 11 is 0. The van der Waals surface area contributed by atoms with Crippen molar-refractivity contribution >= 4 is 23.2 Å². The highest BCUT2D eigenvalue weighted by Crippen LogP contribution is 2.28. The van der Waals surface area contributed by atoms with Gasteiger partial charge in [-0.2, -0.15) is 0 Å². The fourth-order valence-corrected chi connectivity index (χ4v) is 3.66. The third-order valence-corrected chi connectivity index (χ3v) is 5.16. The molecule has 0 aromatic heterocycles. The molecule has 3 N–H and O–H groups in total. The van der Waals surface area contributed by atoms with E-state index in [0.29, 0.717) is 18.9 Å². The molecule has 134 valence electrons. The van der Waals surface area contributed by atoms with Gasteiger partial charge < -0.3 is 16.0 Å². The fraction of sp³-hybridized carbons (Fsp3) is 0.333. The van der Waals surface area contributed by atoms with E-state index < -0.39 is 0 Å². The first-order valence-electron chi connectivity index (χ1n) is 9.28. The van der Waals surface area contributed by atoms with Crippen molar-refractivity contribution in [3.63, 3.8) is 0 Å². The lowest BCUT2D eigenvalue weighted by Gasteiger charge is -2.30. The van der Waals surface area contributed by atoms with E-state index in [1.165, 1.54) is 24.0 Å². The highest BCUT2D eigenvalue weighted by molar-refractivity contribution is 5.99. The van der Waals surface area contributed by atoms with E-state index in [0.717, 1.165) is 36.3 Å². The van der Waals surface area contributed by atoms with Crippen LogP contribution < -0.4 is 16.0 Å². The Morgan fingerprint density at radius 1 is 1.12 bits per heavy atom. The quantitative estimate of drug-likeness (QED) is 0.506. The van der Waals surface area contributed by atoms with Crippen LogP contribution in [0.15, 0.2) is 47.5 Å². The molecule has 1 fully saturated rings. The van der Waals surface area contributed by atoms with Crippen LogP contribution in [-0.4, -0.2) is 18.4 Å². The van der Waals surface area contributed by atoms with Gasteiger partial charge in [-0.15, -0.1) is 0 Å². The maximum absolute atomic E-state index is 11.6. The number of hydrogen-bond donors (Lipinski definition) is 2. The Bertz CT molecular complexity index is 859. The first-order chi connectivity index (χ1) is 12.7. The second-order valence-electron chi connectivity index (χ2n) is 6.94. The van der Waals surface area contributed by atoms with Crippen molar-refractivity contribution in [1.82, 2.24) is 0 Å². The molecule has 1 heterocycles. The molecule has 0 spiro atoms. The summed E-state index contributed by atoms with van der Waals surface area (Å²) in [5.41, 5.74) is 12.0. The van der Waals surface area contributed by atoms with Gasteiger partial charge in [-0.05, 0) is 60.6 Å². The second kappa shape index (κ2) is 7.20. The van der Waals surface area contributed by atoms with Gasteiger partial charge in [0, 0.05) is 24.3 Å². The van der Waals surface area contributed by atoms with E-state index in [1.807, 2.05) is 24.3 Å². The van der Waals surface area contributed by atoms with Crippen molar-refractivity contribution in [1.29, 1.82) is 0 Å². The average molecular weight is 348 g/mol. The van der Waals surface area contributed by atoms with Gasteiger partial charge in [0.25, 0.3) is 0 Å². The zero-order valence-corrected chi connectivity index (χ0v) is 14.9. The molecule has 0 atom stereocenters. The molecule has 2 aliphatic rings. The largest absolute Gasteiger partial charge is 0.370 e. The number of aliphatic imine (C=N–C) groups is 1. The number of hydrogen-bond acceptors (Lipinski definition) is 2. The Labute approximate surface area is 153 Å². The van der Waals surface area contributed by atoms with E-state index in [2.05, 4.69) is 28.5 Å². The summed E-state index contributed by atoms with van der Waals surface area (Å²) in [7, 11) is 0. The number of β-lactam (4-membered cyclic amide) rings is 1. The zero-order valence-electron chi connectivity index (χ0n) is 14.9. The van der Waals surface area contributed by atoms with Crippen LogP contribution >= 0.6 is 0 Å². The highest BCUT2D eigenvalue weighted by Gasteiger charge is 2.25. The van der Waals surface area contributed by atoms with Crippen molar-refractivity contribution in [2.45, 2.75) is 38.6 Å². The molecule has 1 saturated heterocycles. The monoisotopic (exact) mass is 348 g/mol. The number of aryl methyl sites for hydroxylation is 1. The summed E-state index contributed by atoms with van der Waals surface area (Å²) in [5.74, 6) is 0.607.